The smallest absolute Gasteiger partial charge is 0.230 e. The van der Waals surface area contributed by atoms with Gasteiger partial charge in [0.15, 0.2) is 0 Å². The predicted octanol–water partition coefficient (Wildman–Crippen LogP) is 5.03. The number of anilines is 2. The lowest BCUT2D eigenvalue weighted by Crippen LogP contribution is -2.03. The van der Waals surface area contributed by atoms with Gasteiger partial charge in [-0.05, 0) is 57.2 Å². The highest BCUT2D eigenvalue weighted by Crippen LogP contribution is 2.25. The van der Waals surface area contributed by atoms with Crippen molar-refractivity contribution in [1.29, 1.82) is 0 Å². The van der Waals surface area contributed by atoms with Crippen molar-refractivity contribution < 1.29 is 4.74 Å². The number of hydrogen-bond donors (Lipinski definition) is 1. The molecule has 0 radical (unpaired) electrons. The van der Waals surface area contributed by atoms with Gasteiger partial charge in [0.05, 0.1) is 34.9 Å². The SMILES string of the molecule is CCOc1ccc2nc(Nc3nccc(-c4cn(-c5ccccc5)nc4C)n3)nc(C)c2c1. The molecule has 33 heavy (non-hydrogen) atoms. The molecule has 3 aromatic heterocycles. The molecule has 3 heterocycles. The van der Waals surface area contributed by atoms with Gasteiger partial charge in [0.25, 0.3) is 0 Å². The molecule has 0 saturated carbocycles. The van der Waals surface area contributed by atoms with Crippen LogP contribution in [0.4, 0.5) is 11.9 Å². The van der Waals surface area contributed by atoms with Crippen molar-refractivity contribution in [3.8, 4) is 22.7 Å². The van der Waals surface area contributed by atoms with Gasteiger partial charge in [-0.15, -0.1) is 0 Å². The molecule has 164 valence electrons. The second kappa shape index (κ2) is 8.66. The summed E-state index contributed by atoms with van der Waals surface area (Å²) < 4.78 is 7.44. The fourth-order valence-corrected chi connectivity index (χ4v) is 3.67. The van der Waals surface area contributed by atoms with E-state index in [0.717, 1.165) is 45.0 Å². The van der Waals surface area contributed by atoms with Gasteiger partial charge in [-0.3, -0.25) is 5.32 Å². The first-order valence-corrected chi connectivity index (χ1v) is 10.7. The summed E-state index contributed by atoms with van der Waals surface area (Å²) in [5, 5.41) is 8.73. The molecule has 8 nitrogen and oxygen atoms in total. The zero-order valence-electron chi connectivity index (χ0n) is 18.6. The van der Waals surface area contributed by atoms with Crippen LogP contribution in [0.15, 0.2) is 67.0 Å². The molecule has 0 aliphatic rings. The van der Waals surface area contributed by atoms with Gasteiger partial charge in [-0.2, -0.15) is 5.10 Å². The van der Waals surface area contributed by atoms with Gasteiger partial charge < -0.3 is 4.74 Å². The van der Waals surface area contributed by atoms with Crippen LogP contribution in [0, 0.1) is 13.8 Å². The van der Waals surface area contributed by atoms with Crippen LogP contribution in [0.3, 0.4) is 0 Å². The summed E-state index contributed by atoms with van der Waals surface area (Å²) >= 11 is 0. The number of nitrogens with one attached hydrogen (secondary N) is 1. The average molecular weight is 438 g/mol. The normalized spacial score (nSPS) is 11.0. The molecule has 8 heteroatoms. The summed E-state index contributed by atoms with van der Waals surface area (Å²) in [5.74, 6) is 1.67. The minimum atomic E-state index is 0.420. The molecule has 0 atom stereocenters. The lowest BCUT2D eigenvalue weighted by molar-refractivity contribution is 0.340. The van der Waals surface area contributed by atoms with E-state index in [2.05, 4.69) is 30.4 Å². The van der Waals surface area contributed by atoms with E-state index in [4.69, 9.17) is 4.74 Å². The van der Waals surface area contributed by atoms with Crippen LogP contribution in [0.1, 0.15) is 18.3 Å². The molecule has 0 fully saturated rings. The summed E-state index contributed by atoms with van der Waals surface area (Å²) in [7, 11) is 0. The molecule has 0 amide bonds. The molecule has 0 bridgehead atoms. The topological polar surface area (TPSA) is 90.6 Å². The number of ether oxygens (including phenoxy) is 1. The van der Waals surface area contributed by atoms with Gasteiger partial charge in [0, 0.05) is 23.3 Å². The van der Waals surface area contributed by atoms with Crippen LogP contribution >= 0.6 is 0 Å². The maximum Gasteiger partial charge on any atom is 0.230 e. The zero-order valence-corrected chi connectivity index (χ0v) is 18.6. The van der Waals surface area contributed by atoms with Gasteiger partial charge >= 0.3 is 0 Å². The Labute approximate surface area is 191 Å². The highest BCUT2D eigenvalue weighted by molar-refractivity contribution is 5.83. The van der Waals surface area contributed by atoms with Crippen molar-refractivity contribution in [2.45, 2.75) is 20.8 Å². The largest absolute Gasteiger partial charge is 0.494 e. The van der Waals surface area contributed by atoms with E-state index < -0.39 is 0 Å². The van der Waals surface area contributed by atoms with Crippen molar-refractivity contribution in [1.82, 2.24) is 29.7 Å². The Bertz CT molecular complexity index is 1430. The molecule has 2 aromatic carbocycles. The predicted molar refractivity (Wildman–Crippen MR) is 128 cm³/mol. The molecule has 0 saturated heterocycles. The van der Waals surface area contributed by atoms with E-state index in [1.54, 1.807) is 6.20 Å². The summed E-state index contributed by atoms with van der Waals surface area (Å²) in [6.45, 7) is 6.49. The monoisotopic (exact) mass is 437 g/mol. The molecule has 0 spiro atoms. The first-order chi connectivity index (χ1) is 16.1. The lowest BCUT2D eigenvalue weighted by Gasteiger charge is -2.09. The van der Waals surface area contributed by atoms with E-state index in [-0.39, 0.29) is 0 Å². The molecule has 0 aliphatic carbocycles. The van der Waals surface area contributed by atoms with Crippen LogP contribution < -0.4 is 10.1 Å². The van der Waals surface area contributed by atoms with E-state index in [1.165, 1.54) is 0 Å². The third kappa shape index (κ3) is 4.23. The van der Waals surface area contributed by atoms with Crippen LogP contribution in [-0.2, 0) is 0 Å². The Hall–Kier alpha value is -4.33. The minimum absolute atomic E-state index is 0.420. The number of aryl methyl sites for hydroxylation is 2. The van der Waals surface area contributed by atoms with Crippen molar-refractivity contribution in [3.05, 3.63) is 78.4 Å². The van der Waals surface area contributed by atoms with Gasteiger partial charge in [0.2, 0.25) is 11.9 Å². The fraction of sp³-hybridized carbons (Fsp3) is 0.160. The molecule has 5 aromatic rings. The number of rotatable bonds is 6. The summed E-state index contributed by atoms with van der Waals surface area (Å²) in [4.78, 5) is 18.2. The van der Waals surface area contributed by atoms with Gasteiger partial charge in [-0.25, -0.2) is 24.6 Å². The third-order valence-corrected chi connectivity index (χ3v) is 5.24. The van der Waals surface area contributed by atoms with E-state index in [9.17, 15) is 0 Å². The van der Waals surface area contributed by atoms with Crippen LogP contribution in [0.5, 0.6) is 5.75 Å². The quantitative estimate of drug-likeness (QED) is 0.398. The average Bonchev–Trinajstić information content (AvgIpc) is 3.22. The van der Waals surface area contributed by atoms with Crippen LogP contribution in [-0.4, -0.2) is 36.3 Å². The van der Waals surface area contributed by atoms with E-state index >= 15 is 0 Å². The first-order valence-electron chi connectivity index (χ1n) is 10.7. The van der Waals surface area contributed by atoms with Crippen molar-refractivity contribution in [2.24, 2.45) is 0 Å². The number of aromatic nitrogens is 6. The number of nitrogens with zero attached hydrogens (tertiary/aromatic N) is 6. The number of benzene rings is 2. The molecule has 1 N–H and O–H groups in total. The lowest BCUT2D eigenvalue weighted by atomic mass is 10.2. The first kappa shape index (κ1) is 20.6. The Morgan fingerprint density at radius 1 is 0.909 bits per heavy atom. The third-order valence-electron chi connectivity index (χ3n) is 5.24. The standard InChI is InChI=1S/C25H23N7O/c1-4-33-19-10-11-22-20(14-19)16(2)27-25(29-22)30-24-26-13-12-23(28-24)21-15-32(31-17(21)3)18-8-6-5-7-9-18/h5-15H,4H2,1-3H3,(H,26,27,28,29,30). The zero-order chi connectivity index (χ0) is 22.8. The Kier molecular flexibility index (Phi) is 5.40. The van der Waals surface area contributed by atoms with Gasteiger partial charge in [-0.1, -0.05) is 18.2 Å². The summed E-state index contributed by atoms with van der Waals surface area (Å²) in [5.41, 5.74) is 5.25. The molecule has 0 aliphatic heterocycles. The minimum Gasteiger partial charge on any atom is -0.494 e. The van der Waals surface area contributed by atoms with Crippen molar-refractivity contribution in [3.63, 3.8) is 0 Å². The number of fused-ring (bicyclic) bond motifs is 1. The maximum atomic E-state index is 5.59. The van der Waals surface area contributed by atoms with Crippen molar-refractivity contribution in [2.75, 3.05) is 11.9 Å². The van der Waals surface area contributed by atoms with E-state index in [1.807, 2.05) is 86.2 Å². The second-order valence-corrected chi connectivity index (χ2v) is 7.54. The summed E-state index contributed by atoms with van der Waals surface area (Å²) in [6, 6.07) is 17.7. The van der Waals surface area contributed by atoms with E-state index in [0.29, 0.717) is 18.5 Å². The maximum absolute atomic E-state index is 5.59. The summed E-state index contributed by atoms with van der Waals surface area (Å²) in [6.07, 6.45) is 3.69. The Balaban J connectivity index is 1.44. The Morgan fingerprint density at radius 2 is 1.76 bits per heavy atom. The van der Waals surface area contributed by atoms with Crippen LogP contribution in [0.25, 0.3) is 27.8 Å². The second-order valence-electron chi connectivity index (χ2n) is 7.54. The molecule has 0 unspecified atom stereocenters. The van der Waals surface area contributed by atoms with Gasteiger partial charge in [0.1, 0.15) is 5.75 Å². The molecular formula is C25H23N7O. The van der Waals surface area contributed by atoms with Crippen molar-refractivity contribution >= 4 is 22.8 Å². The van der Waals surface area contributed by atoms with Crippen LogP contribution in [0.2, 0.25) is 0 Å². The fourth-order valence-electron chi connectivity index (χ4n) is 3.67. The highest BCUT2D eigenvalue weighted by Gasteiger charge is 2.12. The highest BCUT2D eigenvalue weighted by atomic mass is 16.5. The molecule has 5 rings (SSSR count). The number of hydrogen-bond acceptors (Lipinski definition) is 7. The Morgan fingerprint density at radius 3 is 2.58 bits per heavy atom. The number of para-hydroxylation sites is 1. The molecular weight excluding hydrogens is 414 g/mol.